The van der Waals surface area contributed by atoms with Gasteiger partial charge in [-0.2, -0.15) is 0 Å². The van der Waals surface area contributed by atoms with E-state index in [0.29, 0.717) is 30.0 Å². The van der Waals surface area contributed by atoms with Crippen molar-refractivity contribution in [3.8, 4) is 5.75 Å². The van der Waals surface area contributed by atoms with Gasteiger partial charge in [0.25, 0.3) is 0 Å². The molecular weight excluding hydrogens is 192 g/mol. The third-order valence-corrected chi connectivity index (χ3v) is 2.15. The van der Waals surface area contributed by atoms with Crippen molar-refractivity contribution in [2.24, 2.45) is 0 Å². The fourth-order valence-corrected chi connectivity index (χ4v) is 1.29. The van der Waals surface area contributed by atoms with Crippen molar-refractivity contribution < 1.29 is 9.53 Å². The first-order chi connectivity index (χ1) is 7.19. The molecule has 0 aliphatic carbocycles. The molecule has 4 nitrogen and oxygen atoms in total. The van der Waals surface area contributed by atoms with Gasteiger partial charge in [0.05, 0.1) is 12.8 Å². The van der Waals surface area contributed by atoms with Crippen molar-refractivity contribution in [2.45, 2.75) is 6.42 Å². The number of methoxy groups -OCH3 is 1. The Bertz CT molecular complexity index is 350. The summed E-state index contributed by atoms with van der Waals surface area (Å²) < 4.78 is 5.01. The maximum Gasteiger partial charge on any atom is 0.164 e. The number of nitrogens with one attached hydrogen (secondary N) is 1. The quantitative estimate of drug-likeness (QED) is 0.561. The molecule has 0 spiro atoms. The van der Waals surface area contributed by atoms with E-state index in [2.05, 4.69) is 5.32 Å². The first-order valence-corrected chi connectivity index (χ1v) is 4.80. The molecule has 0 aromatic heterocycles. The van der Waals surface area contributed by atoms with E-state index in [-0.39, 0.29) is 5.78 Å². The monoisotopic (exact) mass is 208 g/mol. The molecule has 3 N–H and O–H groups in total. The molecule has 15 heavy (non-hydrogen) atoms. The lowest BCUT2D eigenvalue weighted by molar-refractivity contribution is 0.0983. The van der Waals surface area contributed by atoms with Crippen molar-refractivity contribution in [3.63, 3.8) is 0 Å². The van der Waals surface area contributed by atoms with Crippen LogP contribution in [-0.2, 0) is 0 Å². The highest BCUT2D eigenvalue weighted by atomic mass is 16.5. The Balaban J connectivity index is 2.78. The average molecular weight is 208 g/mol. The van der Waals surface area contributed by atoms with Crippen LogP contribution in [0.25, 0.3) is 0 Å². The standard InChI is InChI=1S/C11H16N2O2/c1-13-6-5-10(14)8-3-4-11(15-2)9(12)7-8/h3-4,7,13H,5-6,12H2,1-2H3. The summed E-state index contributed by atoms with van der Waals surface area (Å²) in [5, 5.41) is 2.93. The zero-order valence-corrected chi connectivity index (χ0v) is 9.04. The van der Waals surface area contributed by atoms with Crippen molar-refractivity contribution in [3.05, 3.63) is 23.8 Å². The highest BCUT2D eigenvalue weighted by Gasteiger charge is 2.07. The lowest BCUT2D eigenvalue weighted by Crippen LogP contribution is -2.13. The number of anilines is 1. The SMILES string of the molecule is CNCCC(=O)c1ccc(OC)c(N)c1. The van der Waals surface area contributed by atoms with Gasteiger partial charge in [-0.3, -0.25) is 4.79 Å². The maximum absolute atomic E-state index is 11.6. The van der Waals surface area contributed by atoms with Gasteiger partial charge < -0.3 is 15.8 Å². The molecule has 0 saturated heterocycles. The number of nitrogens with two attached hydrogens (primary N) is 1. The summed E-state index contributed by atoms with van der Waals surface area (Å²) in [6.07, 6.45) is 0.474. The summed E-state index contributed by atoms with van der Waals surface area (Å²) in [7, 11) is 3.36. The van der Waals surface area contributed by atoms with Gasteiger partial charge in [0, 0.05) is 18.5 Å². The lowest BCUT2D eigenvalue weighted by atomic mass is 10.1. The number of carbonyl (C=O) groups is 1. The van der Waals surface area contributed by atoms with Crippen LogP contribution in [0.2, 0.25) is 0 Å². The van der Waals surface area contributed by atoms with Crippen LogP contribution in [0.1, 0.15) is 16.8 Å². The second-order valence-corrected chi connectivity index (χ2v) is 3.23. The highest BCUT2D eigenvalue weighted by molar-refractivity contribution is 5.97. The normalized spacial score (nSPS) is 10.0. The van der Waals surface area contributed by atoms with E-state index >= 15 is 0 Å². The van der Waals surface area contributed by atoms with Crippen LogP contribution in [-0.4, -0.2) is 26.5 Å². The number of carbonyl (C=O) groups excluding carboxylic acids is 1. The summed E-state index contributed by atoms with van der Waals surface area (Å²) in [6, 6.07) is 5.09. The largest absolute Gasteiger partial charge is 0.495 e. The Labute approximate surface area is 89.4 Å². The van der Waals surface area contributed by atoms with Crippen LogP contribution in [0.4, 0.5) is 5.69 Å². The Morgan fingerprint density at radius 3 is 2.80 bits per heavy atom. The zero-order valence-electron chi connectivity index (χ0n) is 9.04. The first-order valence-electron chi connectivity index (χ1n) is 4.80. The zero-order chi connectivity index (χ0) is 11.3. The van der Waals surface area contributed by atoms with Gasteiger partial charge in [-0.25, -0.2) is 0 Å². The molecule has 0 aliphatic heterocycles. The van der Waals surface area contributed by atoms with Crippen molar-refractivity contribution in [1.29, 1.82) is 0 Å². The molecule has 4 heteroatoms. The molecule has 0 heterocycles. The first kappa shape index (κ1) is 11.5. The van der Waals surface area contributed by atoms with Crippen LogP contribution in [0.15, 0.2) is 18.2 Å². The van der Waals surface area contributed by atoms with E-state index in [9.17, 15) is 4.79 Å². The van der Waals surface area contributed by atoms with Gasteiger partial charge in [0.15, 0.2) is 5.78 Å². The minimum Gasteiger partial charge on any atom is -0.495 e. The fraction of sp³-hybridized carbons (Fsp3) is 0.364. The maximum atomic E-state index is 11.6. The van der Waals surface area contributed by atoms with E-state index in [1.54, 1.807) is 25.3 Å². The van der Waals surface area contributed by atoms with Crippen LogP contribution >= 0.6 is 0 Å². The summed E-state index contributed by atoms with van der Waals surface area (Å²) >= 11 is 0. The minimum atomic E-state index is 0.0821. The predicted molar refractivity (Wildman–Crippen MR) is 60.3 cm³/mol. The molecule has 1 aromatic carbocycles. The third kappa shape index (κ3) is 2.95. The van der Waals surface area contributed by atoms with E-state index in [0.717, 1.165) is 0 Å². The van der Waals surface area contributed by atoms with Crippen LogP contribution < -0.4 is 15.8 Å². The predicted octanol–water partition coefficient (Wildman–Crippen LogP) is 1.07. The van der Waals surface area contributed by atoms with Gasteiger partial charge in [0.1, 0.15) is 5.75 Å². The van der Waals surface area contributed by atoms with Crippen LogP contribution in [0.5, 0.6) is 5.75 Å². The van der Waals surface area contributed by atoms with Crippen molar-refractivity contribution >= 4 is 11.5 Å². The van der Waals surface area contributed by atoms with E-state index in [1.807, 2.05) is 7.05 Å². The number of hydrogen-bond donors (Lipinski definition) is 2. The minimum absolute atomic E-state index is 0.0821. The van der Waals surface area contributed by atoms with Gasteiger partial charge in [0.2, 0.25) is 0 Å². The molecule has 0 aliphatic rings. The topological polar surface area (TPSA) is 64.3 Å². The lowest BCUT2D eigenvalue weighted by Gasteiger charge is -2.06. The molecule has 0 unspecified atom stereocenters. The van der Waals surface area contributed by atoms with Gasteiger partial charge >= 0.3 is 0 Å². The van der Waals surface area contributed by atoms with E-state index in [4.69, 9.17) is 10.5 Å². The average Bonchev–Trinajstić information content (AvgIpc) is 2.25. The van der Waals surface area contributed by atoms with Crippen molar-refractivity contribution in [2.75, 3.05) is 26.4 Å². The second-order valence-electron chi connectivity index (χ2n) is 3.23. The number of ketones is 1. The Morgan fingerprint density at radius 1 is 1.53 bits per heavy atom. The fourth-order valence-electron chi connectivity index (χ4n) is 1.29. The summed E-state index contributed by atoms with van der Waals surface area (Å²) in [5.41, 5.74) is 6.83. The number of benzene rings is 1. The van der Waals surface area contributed by atoms with E-state index in [1.165, 1.54) is 0 Å². The number of ether oxygens (including phenoxy) is 1. The van der Waals surface area contributed by atoms with Gasteiger partial charge in [-0.15, -0.1) is 0 Å². The van der Waals surface area contributed by atoms with E-state index < -0.39 is 0 Å². The second kappa shape index (κ2) is 5.36. The van der Waals surface area contributed by atoms with Crippen LogP contribution in [0.3, 0.4) is 0 Å². The van der Waals surface area contributed by atoms with Crippen molar-refractivity contribution in [1.82, 2.24) is 5.32 Å². The molecule has 0 atom stereocenters. The van der Waals surface area contributed by atoms with Gasteiger partial charge in [-0.05, 0) is 25.2 Å². The summed E-state index contributed by atoms with van der Waals surface area (Å²) in [6.45, 7) is 0.671. The molecule has 0 saturated carbocycles. The molecule has 0 amide bonds. The molecule has 0 bridgehead atoms. The number of Topliss-reactive ketones (excluding diaryl/α,β-unsaturated/α-hetero) is 1. The molecule has 82 valence electrons. The number of nitrogen functional groups attached to an aromatic ring is 1. The third-order valence-electron chi connectivity index (χ3n) is 2.15. The molecule has 0 radical (unpaired) electrons. The Hall–Kier alpha value is -1.55. The number of rotatable bonds is 5. The molecule has 1 rings (SSSR count). The van der Waals surface area contributed by atoms with Crippen LogP contribution in [0, 0.1) is 0 Å². The highest BCUT2D eigenvalue weighted by Crippen LogP contribution is 2.22. The summed E-state index contributed by atoms with van der Waals surface area (Å²) in [5.74, 6) is 0.680. The molecule has 1 aromatic rings. The Morgan fingerprint density at radius 2 is 2.27 bits per heavy atom. The molecule has 0 fully saturated rings. The molecular formula is C11H16N2O2. The Kier molecular flexibility index (Phi) is 4.12. The van der Waals surface area contributed by atoms with Gasteiger partial charge in [-0.1, -0.05) is 0 Å². The smallest absolute Gasteiger partial charge is 0.164 e. The summed E-state index contributed by atoms with van der Waals surface area (Å²) in [4.78, 5) is 11.6. The number of hydrogen-bond acceptors (Lipinski definition) is 4.